The number of hydrogen-bond acceptors (Lipinski definition) is 3. The SMILES string of the molecule is CC(=O)N1CCC(NS(=O)(=O)c2c(Cl)cc(F)cc2Br)C1. The van der Waals surface area contributed by atoms with Crippen LogP contribution in [-0.4, -0.2) is 38.4 Å². The molecule has 5 nitrogen and oxygen atoms in total. The summed E-state index contributed by atoms with van der Waals surface area (Å²) in [5.41, 5.74) is 0. The second kappa shape index (κ2) is 6.20. The zero-order chi connectivity index (χ0) is 15.8. The third-order valence-electron chi connectivity index (χ3n) is 3.19. The summed E-state index contributed by atoms with van der Waals surface area (Å²) in [7, 11) is -3.90. The Morgan fingerprint density at radius 1 is 1.52 bits per heavy atom. The van der Waals surface area contributed by atoms with Crippen molar-refractivity contribution in [3.05, 3.63) is 27.4 Å². The molecule has 1 aromatic carbocycles. The molecule has 0 spiro atoms. The number of carbonyl (C=O) groups is 1. The third kappa shape index (κ3) is 3.74. The second-order valence-electron chi connectivity index (χ2n) is 4.77. The molecule has 1 saturated heterocycles. The fraction of sp³-hybridized carbons (Fsp3) is 0.417. The van der Waals surface area contributed by atoms with Crippen LogP contribution in [0.4, 0.5) is 4.39 Å². The van der Waals surface area contributed by atoms with Gasteiger partial charge in [0.1, 0.15) is 10.7 Å². The maximum Gasteiger partial charge on any atom is 0.243 e. The zero-order valence-electron chi connectivity index (χ0n) is 11.1. The largest absolute Gasteiger partial charge is 0.341 e. The van der Waals surface area contributed by atoms with Crippen LogP contribution in [0.1, 0.15) is 13.3 Å². The third-order valence-corrected chi connectivity index (χ3v) is 6.11. The van der Waals surface area contributed by atoms with E-state index in [2.05, 4.69) is 20.7 Å². The average Bonchev–Trinajstić information content (AvgIpc) is 2.74. The Morgan fingerprint density at radius 3 is 2.71 bits per heavy atom. The van der Waals surface area contributed by atoms with Crippen LogP contribution in [0, 0.1) is 5.82 Å². The number of hydrogen-bond donors (Lipinski definition) is 1. The standard InChI is InChI=1S/C12H13BrClFN2O3S/c1-7(18)17-3-2-9(6-17)16-21(19,20)12-10(13)4-8(15)5-11(12)14/h4-5,9,16H,2-3,6H2,1H3. The number of nitrogens with one attached hydrogen (secondary N) is 1. The highest BCUT2D eigenvalue weighted by molar-refractivity contribution is 9.10. The first-order valence-corrected chi connectivity index (χ1v) is 8.78. The molecular formula is C12H13BrClFN2O3S. The Labute approximate surface area is 135 Å². The normalized spacial score (nSPS) is 19.0. The highest BCUT2D eigenvalue weighted by Crippen LogP contribution is 2.31. The smallest absolute Gasteiger partial charge is 0.243 e. The van der Waals surface area contributed by atoms with Gasteiger partial charge in [-0.3, -0.25) is 4.79 Å². The maximum absolute atomic E-state index is 13.2. The van der Waals surface area contributed by atoms with Gasteiger partial charge in [-0.05, 0) is 34.5 Å². The van der Waals surface area contributed by atoms with Crippen molar-refractivity contribution in [3.63, 3.8) is 0 Å². The van der Waals surface area contributed by atoms with Gasteiger partial charge in [0.15, 0.2) is 0 Å². The van der Waals surface area contributed by atoms with Crippen molar-refractivity contribution in [2.75, 3.05) is 13.1 Å². The first-order chi connectivity index (χ1) is 9.70. The van der Waals surface area contributed by atoms with Crippen LogP contribution in [-0.2, 0) is 14.8 Å². The van der Waals surface area contributed by atoms with Crippen molar-refractivity contribution in [2.24, 2.45) is 0 Å². The molecule has 0 saturated carbocycles. The van der Waals surface area contributed by atoms with Crippen molar-refractivity contribution in [3.8, 4) is 0 Å². The Hall–Kier alpha value is -0.700. The molecule has 1 unspecified atom stereocenters. The number of likely N-dealkylation sites (tertiary alicyclic amines) is 1. The van der Waals surface area contributed by atoms with Crippen molar-refractivity contribution in [1.82, 2.24) is 9.62 Å². The van der Waals surface area contributed by atoms with E-state index in [4.69, 9.17) is 11.6 Å². The lowest BCUT2D eigenvalue weighted by Crippen LogP contribution is -2.38. The van der Waals surface area contributed by atoms with E-state index in [1.165, 1.54) is 6.92 Å². The minimum Gasteiger partial charge on any atom is -0.341 e. The van der Waals surface area contributed by atoms with E-state index < -0.39 is 15.8 Å². The average molecular weight is 400 g/mol. The van der Waals surface area contributed by atoms with Gasteiger partial charge >= 0.3 is 0 Å². The quantitative estimate of drug-likeness (QED) is 0.847. The lowest BCUT2D eigenvalue weighted by molar-refractivity contribution is -0.127. The van der Waals surface area contributed by atoms with E-state index in [9.17, 15) is 17.6 Å². The van der Waals surface area contributed by atoms with E-state index in [-0.39, 0.29) is 26.3 Å². The fourth-order valence-corrected chi connectivity index (χ4v) is 5.28. The number of amides is 1. The number of sulfonamides is 1. The van der Waals surface area contributed by atoms with Crippen molar-refractivity contribution in [2.45, 2.75) is 24.3 Å². The van der Waals surface area contributed by atoms with Gasteiger partial charge in [-0.2, -0.15) is 0 Å². The summed E-state index contributed by atoms with van der Waals surface area (Å²) in [6.07, 6.45) is 0.523. The van der Waals surface area contributed by atoms with Gasteiger partial charge in [-0.15, -0.1) is 0 Å². The monoisotopic (exact) mass is 398 g/mol. The zero-order valence-corrected chi connectivity index (χ0v) is 14.2. The highest BCUT2D eigenvalue weighted by atomic mass is 79.9. The number of nitrogens with zero attached hydrogens (tertiary/aromatic N) is 1. The van der Waals surface area contributed by atoms with Gasteiger partial charge in [-0.25, -0.2) is 17.5 Å². The lowest BCUT2D eigenvalue weighted by Gasteiger charge is -2.16. The maximum atomic E-state index is 13.2. The molecule has 1 N–H and O–H groups in total. The first kappa shape index (κ1) is 16.7. The van der Waals surface area contributed by atoms with Crippen LogP contribution in [0.25, 0.3) is 0 Å². The Kier molecular flexibility index (Phi) is 4.92. The minimum absolute atomic E-state index is 0.0569. The van der Waals surface area contributed by atoms with E-state index in [0.29, 0.717) is 19.5 Å². The molecule has 2 rings (SSSR count). The molecule has 21 heavy (non-hydrogen) atoms. The molecule has 1 aliphatic rings. The van der Waals surface area contributed by atoms with Gasteiger partial charge in [-0.1, -0.05) is 11.6 Å². The van der Waals surface area contributed by atoms with Crippen LogP contribution in [0.5, 0.6) is 0 Å². The fourth-order valence-electron chi connectivity index (χ4n) is 2.21. The molecule has 0 bridgehead atoms. The molecule has 1 heterocycles. The van der Waals surface area contributed by atoms with Gasteiger partial charge < -0.3 is 4.90 Å². The summed E-state index contributed by atoms with van der Waals surface area (Å²) < 4.78 is 40.5. The van der Waals surface area contributed by atoms with E-state index in [1.54, 1.807) is 4.90 Å². The molecule has 9 heteroatoms. The van der Waals surface area contributed by atoms with Crippen LogP contribution < -0.4 is 4.72 Å². The van der Waals surface area contributed by atoms with E-state index in [0.717, 1.165) is 12.1 Å². The van der Waals surface area contributed by atoms with Gasteiger partial charge in [0.05, 0.1) is 5.02 Å². The molecule has 1 atom stereocenters. The summed E-state index contributed by atoms with van der Waals surface area (Å²) in [5.74, 6) is -0.730. The van der Waals surface area contributed by atoms with Crippen LogP contribution >= 0.6 is 27.5 Å². The van der Waals surface area contributed by atoms with Crippen molar-refractivity contribution in [1.29, 1.82) is 0 Å². The summed E-state index contributed by atoms with van der Waals surface area (Å²) in [5, 5.41) is -0.198. The summed E-state index contributed by atoms with van der Waals surface area (Å²) in [6.45, 7) is 2.25. The Morgan fingerprint density at radius 2 is 2.19 bits per heavy atom. The predicted molar refractivity (Wildman–Crippen MR) is 80.1 cm³/mol. The van der Waals surface area contributed by atoms with Crippen molar-refractivity contribution < 1.29 is 17.6 Å². The van der Waals surface area contributed by atoms with Crippen LogP contribution in [0.3, 0.4) is 0 Å². The second-order valence-corrected chi connectivity index (χ2v) is 7.68. The van der Waals surface area contributed by atoms with E-state index in [1.807, 2.05) is 0 Å². The van der Waals surface area contributed by atoms with Gasteiger partial charge in [0.2, 0.25) is 15.9 Å². The topological polar surface area (TPSA) is 66.5 Å². The predicted octanol–water partition coefficient (Wildman–Crippen LogP) is 2.14. The van der Waals surface area contributed by atoms with Gasteiger partial charge in [0.25, 0.3) is 0 Å². The minimum atomic E-state index is -3.90. The van der Waals surface area contributed by atoms with Gasteiger partial charge in [0, 0.05) is 30.5 Å². The molecule has 0 radical (unpaired) electrons. The number of halogens is 3. The van der Waals surface area contributed by atoms with Crippen LogP contribution in [0.2, 0.25) is 5.02 Å². The molecule has 1 amide bonds. The summed E-state index contributed by atoms with van der Waals surface area (Å²) >= 11 is 8.84. The number of carbonyl (C=O) groups excluding carboxylic acids is 1. The number of benzene rings is 1. The lowest BCUT2D eigenvalue weighted by atomic mass is 10.3. The number of rotatable bonds is 3. The molecule has 0 aliphatic carbocycles. The van der Waals surface area contributed by atoms with Crippen molar-refractivity contribution >= 4 is 43.5 Å². The molecule has 116 valence electrons. The molecule has 1 fully saturated rings. The van der Waals surface area contributed by atoms with Crippen LogP contribution in [0.15, 0.2) is 21.5 Å². The summed E-state index contributed by atoms with van der Waals surface area (Å²) in [4.78, 5) is 12.6. The first-order valence-electron chi connectivity index (χ1n) is 6.13. The molecular weight excluding hydrogens is 387 g/mol. The molecule has 0 aromatic heterocycles. The Balaban J connectivity index is 2.22. The summed E-state index contributed by atoms with van der Waals surface area (Å²) in [6, 6.07) is 1.60. The molecule has 1 aromatic rings. The van der Waals surface area contributed by atoms with E-state index >= 15 is 0 Å². The Bertz CT molecular complexity index is 660. The highest BCUT2D eigenvalue weighted by Gasteiger charge is 2.30. The molecule has 1 aliphatic heterocycles.